The number of ether oxygens (including phenoxy) is 1. The average Bonchev–Trinajstić information content (AvgIpc) is 2.60. The van der Waals surface area contributed by atoms with Gasteiger partial charge >= 0.3 is 5.97 Å². The standard InChI is InChI=1S/C8H10BrNO3S/c1-13-7(12)3-2-5(11)8-10-6(9)4-14-8/h4,8,10H,2-3H2,1H3. The maximum absolute atomic E-state index is 11.5. The maximum Gasteiger partial charge on any atom is 0.305 e. The number of halogens is 1. The van der Waals surface area contributed by atoms with E-state index in [1.807, 2.05) is 5.41 Å². The van der Waals surface area contributed by atoms with Gasteiger partial charge in [-0.1, -0.05) is 11.8 Å². The summed E-state index contributed by atoms with van der Waals surface area (Å²) in [5.41, 5.74) is 0. The molecule has 0 saturated carbocycles. The summed E-state index contributed by atoms with van der Waals surface area (Å²) in [6.45, 7) is 0. The van der Waals surface area contributed by atoms with Crippen molar-refractivity contribution in [1.82, 2.24) is 5.32 Å². The Morgan fingerprint density at radius 1 is 1.64 bits per heavy atom. The lowest BCUT2D eigenvalue weighted by atomic mass is 10.2. The van der Waals surface area contributed by atoms with Crippen LogP contribution in [0.3, 0.4) is 0 Å². The molecule has 0 aromatic rings. The molecule has 0 spiro atoms. The highest BCUT2D eigenvalue weighted by molar-refractivity contribution is 9.11. The lowest BCUT2D eigenvalue weighted by Crippen LogP contribution is -2.28. The van der Waals surface area contributed by atoms with Crippen LogP contribution >= 0.6 is 27.7 Å². The van der Waals surface area contributed by atoms with Gasteiger partial charge in [0.1, 0.15) is 5.37 Å². The zero-order chi connectivity index (χ0) is 10.6. The van der Waals surface area contributed by atoms with Crippen molar-refractivity contribution in [3.63, 3.8) is 0 Å². The Morgan fingerprint density at radius 2 is 2.36 bits per heavy atom. The molecule has 1 unspecified atom stereocenters. The Morgan fingerprint density at radius 3 is 2.86 bits per heavy atom. The van der Waals surface area contributed by atoms with Gasteiger partial charge in [0, 0.05) is 11.8 Å². The number of esters is 1. The van der Waals surface area contributed by atoms with Gasteiger partial charge in [0.05, 0.1) is 18.1 Å². The molecule has 1 heterocycles. The van der Waals surface area contributed by atoms with E-state index in [1.165, 1.54) is 18.9 Å². The van der Waals surface area contributed by atoms with Crippen LogP contribution in [0.25, 0.3) is 0 Å². The number of methoxy groups -OCH3 is 1. The predicted molar refractivity (Wildman–Crippen MR) is 57.8 cm³/mol. The summed E-state index contributed by atoms with van der Waals surface area (Å²) < 4.78 is 5.25. The molecule has 1 rings (SSSR count). The number of rotatable bonds is 4. The summed E-state index contributed by atoms with van der Waals surface area (Å²) in [7, 11) is 1.31. The highest BCUT2D eigenvalue weighted by Gasteiger charge is 2.23. The third-order valence-electron chi connectivity index (χ3n) is 1.67. The first-order valence-electron chi connectivity index (χ1n) is 4.00. The van der Waals surface area contributed by atoms with Gasteiger partial charge < -0.3 is 10.1 Å². The van der Waals surface area contributed by atoms with Gasteiger partial charge in [0.2, 0.25) is 0 Å². The van der Waals surface area contributed by atoms with Crippen molar-refractivity contribution < 1.29 is 14.3 Å². The molecule has 0 amide bonds. The fourth-order valence-electron chi connectivity index (χ4n) is 0.936. The summed E-state index contributed by atoms with van der Waals surface area (Å²) in [4.78, 5) is 22.2. The Labute approximate surface area is 94.6 Å². The minimum Gasteiger partial charge on any atom is -0.469 e. The predicted octanol–water partition coefficient (Wildman–Crippen LogP) is 1.36. The average molecular weight is 280 g/mol. The third kappa shape index (κ3) is 3.34. The molecule has 78 valence electrons. The van der Waals surface area contributed by atoms with Crippen LogP contribution in [0.15, 0.2) is 10.0 Å². The summed E-state index contributed by atoms with van der Waals surface area (Å²) in [6.07, 6.45) is 0.358. The van der Waals surface area contributed by atoms with Crippen molar-refractivity contribution in [2.24, 2.45) is 0 Å². The van der Waals surface area contributed by atoms with Crippen molar-refractivity contribution in [2.75, 3.05) is 7.11 Å². The van der Waals surface area contributed by atoms with Crippen molar-refractivity contribution >= 4 is 39.4 Å². The molecular weight excluding hydrogens is 270 g/mol. The molecule has 4 nitrogen and oxygen atoms in total. The third-order valence-corrected chi connectivity index (χ3v) is 3.46. The molecular formula is C8H10BrNO3S. The lowest BCUT2D eigenvalue weighted by molar-refractivity contribution is -0.141. The molecule has 6 heteroatoms. The number of thioether (sulfide) groups is 1. The van der Waals surface area contributed by atoms with E-state index in [0.717, 1.165) is 4.61 Å². The van der Waals surface area contributed by atoms with E-state index in [2.05, 4.69) is 26.0 Å². The summed E-state index contributed by atoms with van der Waals surface area (Å²) in [5, 5.41) is 4.49. The zero-order valence-electron chi connectivity index (χ0n) is 7.58. The topological polar surface area (TPSA) is 55.4 Å². The van der Waals surface area contributed by atoms with Gasteiger partial charge in [-0.2, -0.15) is 0 Å². The quantitative estimate of drug-likeness (QED) is 0.622. The lowest BCUT2D eigenvalue weighted by Gasteiger charge is -2.08. The van der Waals surface area contributed by atoms with Gasteiger partial charge in [-0.3, -0.25) is 9.59 Å². The Bertz CT molecular complexity index is 280. The number of hydrogen-bond donors (Lipinski definition) is 1. The van der Waals surface area contributed by atoms with E-state index in [4.69, 9.17) is 0 Å². The zero-order valence-corrected chi connectivity index (χ0v) is 9.98. The largest absolute Gasteiger partial charge is 0.469 e. The van der Waals surface area contributed by atoms with E-state index in [0.29, 0.717) is 0 Å². The summed E-state index contributed by atoms with van der Waals surface area (Å²) in [5.74, 6) is -0.348. The molecule has 0 aromatic carbocycles. The number of hydrogen-bond acceptors (Lipinski definition) is 5. The first kappa shape index (κ1) is 11.6. The second kappa shape index (κ2) is 5.41. The number of ketones is 1. The highest BCUT2D eigenvalue weighted by atomic mass is 79.9. The molecule has 0 aliphatic carbocycles. The Balaban J connectivity index is 2.26. The van der Waals surface area contributed by atoms with Gasteiger partial charge in [-0.15, -0.1) is 0 Å². The van der Waals surface area contributed by atoms with Gasteiger partial charge in [-0.05, 0) is 15.9 Å². The minimum absolute atomic E-state index is 0.00565. The van der Waals surface area contributed by atoms with Crippen LogP contribution in [-0.2, 0) is 14.3 Å². The monoisotopic (exact) mass is 279 g/mol. The van der Waals surface area contributed by atoms with Crippen molar-refractivity contribution in [3.05, 3.63) is 10.0 Å². The molecule has 0 bridgehead atoms. The van der Waals surface area contributed by atoms with Crippen LogP contribution in [0, 0.1) is 0 Å². The highest BCUT2D eigenvalue weighted by Crippen LogP contribution is 2.25. The van der Waals surface area contributed by atoms with Gasteiger partial charge in [-0.25, -0.2) is 0 Å². The summed E-state index contributed by atoms with van der Waals surface area (Å²) >= 11 is 4.62. The van der Waals surface area contributed by atoms with E-state index in [9.17, 15) is 9.59 Å². The first-order chi connectivity index (χ1) is 6.63. The summed E-state index contributed by atoms with van der Waals surface area (Å²) in [6, 6.07) is 0. The van der Waals surface area contributed by atoms with Crippen LogP contribution in [-0.4, -0.2) is 24.2 Å². The number of carbonyl (C=O) groups excluding carboxylic acids is 2. The van der Waals surface area contributed by atoms with Crippen molar-refractivity contribution in [1.29, 1.82) is 0 Å². The molecule has 1 aliphatic heterocycles. The molecule has 0 fully saturated rings. The molecule has 14 heavy (non-hydrogen) atoms. The molecule has 1 N–H and O–H groups in total. The first-order valence-corrected chi connectivity index (χ1v) is 5.74. The van der Waals surface area contributed by atoms with Crippen LogP contribution in [0.5, 0.6) is 0 Å². The fraction of sp³-hybridized carbons (Fsp3) is 0.500. The van der Waals surface area contributed by atoms with E-state index < -0.39 is 0 Å². The second-order valence-electron chi connectivity index (χ2n) is 2.67. The molecule has 1 atom stereocenters. The van der Waals surface area contributed by atoms with E-state index in [-0.39, 0.29) is 30.0 Å². The van der Waals surface area contributed by atoms with Crippen molar-refractivity contribution in [3.8, 4) is 0 Å². The van der Waals surface area contributed by atoms with Crippen LogP contribution in [0.1, 0.15) is 12.8 Å². The Kier molecular flexibility index (Phi) is 4.47. The van der Waals surface area contributed by atoms with Crippen LogP contribution < -0.4 is 5.32 Å². The maximum atomic E-state index is 11.5. The minimum atomic E-state index is -0.353. The molecule has 0 saturated heterocycles. The SMILES string of the molecule is COC(=O)CCC(=O)C1NC(Br)=CS1. The van der Waals surface area contributed by atoms with Crippen molar-refractivity contribution in [2.45, 2.75) is 18.2 Å². The number of Topliss-reactive ketones (excluding diaryl/α,β-unsaturated/α-hetero) is 1. The van der Waals surface area contributed by atoms with Crippen LogP contribution in [0.4, 0.5) is 0 Å². The number of nitrogens with one attached hydrogen (secondary N) is 1. The second-order valence-corrected chi connectivity index (χ2v) is 4.50. The fourth-order valence-corrected chi connectivity index (χ4v) is 2.43. The smallest absolute Gasteiger partial charge is 0.305 e. The Hall–Kier alpha value is -0.490. The van der Waals surface area contributed by atoms with Gasteiger partial charge in [0.25, 0.3) is 0 Å². The normalized spacial score (nSPS) is 19.9. The van der Waals surface area contributed by atoms with Gasteiger partial charge in [0.15, 0.2) is 5.78 Å². The molecule has 1 aliphatic rings. The molecule has 0 aromatic heterocycles. The van der Waals surface area contributed by atoms with E-state index >= 15 is 0 Å². The number of carbonyl (C=O) groups is 2. The van der Waals surface area contributed by atoms with E-state index in [1.54, 1.807) is 0 Å². The molecule has 0 radical (unpaired) electrons. The van der Waals surface area contributed by atoms with Crippen LogP contribution in [0.2, 0.25) is 0 Å².